The lowest BCUT2D eigenvalue weighted by atomic mass is 10.0. The number of halogens is 1. The lowest BCUT2D eigenvalue weighted by Gasteiger charge is -2.28. The van der Waals surface area contributed by atoms with Crippen LogP contribution in [0, 0.1) is 5.82 Å². The second-order valence-electron chi connectivity index (χ2n) is 7.32. The van der Waals surface area contributed by atoms with Crippen molar-refractivity contribution in [1.29, 1.82) is 0 Å². The minimum absolute atomic E-state index is 0.112. The molecule has 8 heteroatoms. The van der Waals surface area contributed by atoms with Crippen LogP contribution < -0.4 is 10.6 Å². The van der Waals surface area contributed by atoms with E-state index in [9.17, 15) is 9.18 Å². The normalized spacial score (nSPS) is 18.1. The van der Waals surface area contributed by atoms with E-state index in [1.54, 1.807) is 24.4 Å². The maximum Gasteiger partial charge on any atom is 0.226 e. The van der Waals surface area contributed by atoms with Crippen LogP contribution in [0.1, 0.15) is 36.8 Å². The first kappa shape index (κ1) is 21.0. The molecule has 1 saturated heterocycles. The van der Waals surface area contributed by atoms with E-state index in [0.29, 0.717) is 11.7 Å². The highest BCUT2D eigenvalue weighted by Crippen LogP contribution is 2.38. The van der Waals surface area contributed by atoms with Crippen LogP contribution >= 0.6 is 12.2 Å². The summed E-state index contributed by atoms with van der Waals surface area (Å²) in [6.45, 7) is 3.31. The fourth-order valence-electron chi connectivity index (χ4n) is 3.95. The van der Waals surface area contributed by atoms with E-state index in [0.717, 1.165) is 17.9 Å². The predicted octanol–water partition coefficient (Wildman–Crippen LogP) is 4.04. The molecular formula is C23H24FN5OS. The Morgan fingerprint density at radius 1 is 1.19 bits per heavy atom. The Morgan fingerprint density at radius 3 is 2.74 bits per heavy atom. The summed E-state index contributed by atoms with van der Waals surface area (Å²) in [5.41, 5.74) is 2.16. The van der Waals surface area contributed by atoms with E-state index in [2.05, 4.69) is 33.2 Å². The molecule has 3 aromatic rings. The molecule has 0 saturated carbocycles. The molecule has 1 aliphatic rings. The maximum absolute atomic E-state index is 13.9. The molecule has 0 spiro atoms. The summed E-state index contributed by atoms with van der Waals surface area (Å²) >= 11 is 5.64. The fourth-order valence-corrected chi connectivity index (χ4v) is 4.28. The Labute approximate surface area is 186 Å². The van der Waals surface area contributed by atoms with Crippen molar-refractivity contribution in [3.05, 3.63) is 84.2 Å². The average molecular weight is 438 g/mol. The minimum Gasteiger partial charge on any atom is -0.352 e. The van der Waals surface area contributed by atoms with Crippen LogP contribution in [0.15, 0.2) is 67.0 Å². The maximum atomic E-state index is 13.9. The van der Waals surface area contributed by atoms with Crippen LogP contribution in [0.5, 0.6) is 0 Å². The van der Waals surface area contributed by atoms with Gasteiger partial charge >= 0.3 is 0 Å². The first-order valence-corrected chi connectivity index (χ1v) is 10.7. The molecule has 160 valence electrons. The molecule has 1 aromatic carbocycles. The minimum atomic E-state index is -0.455. The van der Waals surface area contributed by atoms with Crippen LogP contribution in [0.3, 0.4) is 0 Å². The van der Waals surface area contributed by atoms with E-state index in [1.165, 1.54) is 6.07 Å². The second-order valence-corrected chi connectivity index (χ2v) is 7.70. The smallest absolute Gasteiger partial charge is 0.226 e. The van der Waals surface area contributed by atoms with Gasteiger partial charge in [-0.25, -0.2) is 4.39 Å². The molecule has 2 atom stereocenters. The summed E-state index contributed by atoms with van der Waals surface area (Å²) in [6.07, 6.45) is 3.98. The van der Waals surface area contributed by atoms with Crippen molar-refractivity contribution in [2.24, 2.45) is 0 Å². The largest absolute Gasteiger partial charge is 0.352 e. The van der Waals surface area contributed by atoms with Crippen LogP contribution in [0.4, 0.5) is 10.1 Å². The van der Waals surface area contributed by atoms with E-state index in [-0.39, 0.29) is 30.1 Å². The molecule has 4 rings (SSSR count). The highest BCUT2D eigenvalue weighted by atomic mass is 32.1. The van der Waals surface area contributed by atoms with Crippen molar-refractivity contribution in [2.45, 2.75) is 32.0 Å². The van der Waals surface area contributed by atoms with Crippen LogP contribution in [-0.4, -0.2) is 32.0 Å². The Hall–Kier alpha value is -3.26. The third kappa shape index (κ3) is 4.44. The van der Waals surface area contributed by atoms with Crippen molar-refractivity contribution in [3.63, 3.8) is 0 Å². The molecule has 2 aromatic heterocycles. The molecule has 1 aliphatic heterocycles. The van der Waals surface area contributed by atoms with Gasteiger partial charge in [0.25, 0.3) is 0 Å². The van der Waals surface area contributed by atoms with Gasteiger partial charge in [-0.3, -0.25) is 9.78 Å². The van der Waals surface area contributed by atoms with Crippen molar-refractivity contribution >= 4 is 28.9 Å². The molecule has 0 radical (unpaired) electrons. The quantitative estimate of drug-likeness (QED) is 0.546. The lowest BCUT2D eigenvalue weighted by molar-refractivity contribution is -0.116. The van der Waals surface area contributed by atoms with Gasteiger partial charge in [0.1, 0.15) is 5.82 Å². The first-order valence-electron chi connectivity index (χ1n) is 10.3. The number of aryl methyl sites for hydroxylation is 1. The summed E-state index contributed by atoms with van der Waals surface area (Å²) in [4.78, 5) is 19.1. The fraction of sp³-hybridized carbons (Fsp3) is 0.261. The zero-order valence-electron chi connectivity index (χ0n) is 17.2. The number of pyridine rings is 1. The number of anilines is 1. The third-order valence-electron chi connectivity index (χ3n) is 5.43. The van der Waals surface area contributed by atoms with Gasteiger partial charge in [-0.2, -0.15) is 0 Å². The predicted molar refractivity (Wildman–Crippen MR) is 122 cm³/mol. The van der Waals surface area contributed by atoms with Gasteiger partial charge in [-0.15, -0.1) is 0 Å². The van der Waals surface area contributed by atoms with Crippen LogP contribution in [0.2, 0.25) is 0 Å². The molecule has 2 N–H and O–H groups in total. The van der Waals surface area contributed by atoms with Gasteiger partial charge in [0, 0.05) is 37.6 Å². The molecule has 3 heterocycles. The number of rotatable bonds is 7. The Balaban J connectivity index is 1.55. The molecule has 31 heavy (non-hydrogen) atoms. The van der Waals surface area contributed by atoms with Gasteiger partial charge in [0.15, 0.2) is 5.11 Å². The monoisotopic (exact) mass is 437 g/mol. The SMILES string of the molecule is CCn1cccc1C1C(c2ccccn2)NC(=S)N1CCC(=O)Nc1ccccc1F. The van der Waals surface area contributed by atoms with Crippen LogP contribution in [-0.2, 0) is 11.3 Å². The molecular weight excluding hydrogens is 413 g/mol. The van der Waals surface area contributed by atoms with Gasteiger partial charge in [0.05, 0.1) is 23.5 Å². The zero-order chi connectivity index (χ0) is 21.8. The van der Waals surface area contributed by atoms with E-state index in [1.807, 2.05) is 35.4 Å². The highest BCUT2D eigenvalue weighted by Gasteiger charge is 2.40. The number of hydrogen-bond acceptors (Lipinski definition) is 3. The zero-order valence-corrected chi connectivity index (χ0v) is 18.0. The standard InChI is InChI=1S/C23H24FN5OS/c1-2-28-14-7-11-19(28)22-21(18-10-5-6-13-25-18)27-23(31)29(22)15-12-20(30)26-17-9-4-3-8-16(17)24/h3-11,13-14,21-22H,2,12,15H2,1H3,(H,26,30)(H,27,31). The van der Waals surface area contributed by atoms with Gasteiger partial charge in [-0.1, -0.05) is 18.2 Å². The summed E-state index contributed by atoms with van der Waals surface area (Å²) in [5, 5.41) is 6.60. The molecule has 2 unspecified atom stereocenters. The van der Waals surface area contributed by atoms with E-state index < -0.39 is 5.82 Å². The molecule has 1 fully saturated rings. The topological polar surface area (TPSA) is 62.2 Å². The number of hydrogen-bond donors (Lipinski definition) is 2. The number of carbonyl (C=O) groups excluding carboxylic acids is 1. The average Bonchev–Trinajstić information content (AvgIpc) is 3.38. The van der Waals surface area contributed by atoms with Crippen molar-refractivity contribution < 1.29 is 9.18 Å². The summed E-state index contributed by atoms with van der Waals surface area (Å²) in [6, 6.07) is 15.8. The molecule has 0 bridgehead atoms. The van der Waals surface area contributed by atoms with E-state index in [4.69, 9.17) is 12.2 Å². The van der Waals surface area contributed by atoms with Gasteiger partial charge in [-0.05, 0) is 55.5 Å². The Morgan fingerprint density at radius 2 is 2.00 bits per heavy atom. The van der Waals surface area contributed by atoms with Crippen molar-refractivity contribution in [1.82, 2.24) is 19.8 Å². The second kappa shape index (κ2) is 9.26. The number of benzene rings is 1. The number of amides is 1. The van der Waals surface area contributed by atoms with Crippen LogP contribution in [0.25, 0.3) is 0 Å². The molecule has 0 aliphatic carbocycles. The van der Waals surface area contributed by atoms with Crippen molar-refractivity contribution in [2.75, 3.05) is 11.9 Å². The number of para-hydroxylation sites is 1. The number of carbonyl (C=O) groups is 1. The summed E-state index contributed by atoms with van der Waals surface area (Å²) < 4.78 is 16.0. The van der Waals surface area contributed by atoms with Crippen molar-refractivity contribution in [3.8, 4) is 0 Å². The molecule has 6 nitrogen and oxygen atoms in total. The summed E-state index contributed by atoms with van der Waals surface area (Å²) in [5.74, 6) is -0.720. The number of nitrogens with zero attached hydrogens (tertiary/aromatic N) is 3. The number of aromatic nitrogens is 2. The Kier molecular flexibility index (Phi) is 6.27. The van der Waals surface area contributed by atoms with Gasteiger partial charge in [0.2, 0.25) is 5.91 Å². The number of thiocarbonyl (C=S) groups is 1. The third-order valence-corrected chi connectivity index (χ3v) is 5.79. The van der Waals surface area contributed by atoms with E-state index >= 15 is 0 Å². The summed E-state index contributed by atoms with van der Waals surface area (Å²) in [7, 11) is 0. The first-order chi connectivity index (χ1) is 15.1. The van der Waals surface area contributed by atoms with Gasteiger partial charge < -0.3 is 20.1 Å². The number of nitrogens with one attached hydrogen (secondary N) is 2. The lowest BCUT2D eigenvalue weighted by Crippen LogP contribution is -2.33. The highest BCUT2D eigenvalue weighted by molar-refractivity contribution is 7.80. The molecule has 1 amide bonds. The Bertz CT molecular complexity index is 1070.